The number of rotatable bonds is 4. The Morgan fingerprint density at radius 1 is 1.22 bits per heavy atom. The maximum Gasteiger partial charge on any atom is 0.220 e. The number of aromatic hydroxyl groups is 1. The number of Topliss-reactive ketones (excluding diaryl/α,β-unsaturated/α-hetero) is 1. The molecule has 2 N–H and O–H groups in total. The van der Waals surface area contributed by atoms with E-state index in [1.807, 2.05) is 0 Å². The summed E-state index contributed by atoms with van der Waals surface area (Å²) in [5, 5.41) is 19.9. The molecule has 1 unspecified atom stereocenters. The molecule has 1 atom stereocenters. The zero-order valence-corrected chi connectivity index (χ0v) is 13.1. The minimum atomic E-state index is -2.63. The summed E-state index contributed by atoms with van der Waals surface area (Å²) in [6, 6.07) is 4.03. The monoisotopic (exact) mass is 338 g/mol. The lowest BCUT2D eigenvalue weighted by atomic mass is 9.95. The fourth-order valence-corrected chi connectivity index (χ4v) is 2.67. The molecule has 0 fully saturated rings. The molecular weight excluding hydrogens is 324 g/mol. The van der Waals surface area contributed by atoms with Gasteiger partial charge >= 0.3 is 0 Å². The molecule has 0 spiro atoms. The normalized spacial score (nSPS) is 17.3. The van der Waals surface area contributed by atoms with E-state index in [0.29, 0.717) is 5.75 Å². The van der Waals surface area contributed by atoms with Gasteiger partial charge in [-0.15, -0.1) is 0 Å². The second-order valence-electron chi connectivity index (χ2n) is 4.62. The second kappa shape index (κ2) is 6.67. The standard InChI is InChI=1S/C15H14O7S/c1-21-8-3-4-9(11(16)5-8)15(18)10-6-14(23(19)20)13(22-2)7-12(10)17/h3-7,13,16-17H,1-2H3. The van der Waals surface area contributed by atoms with Gasteiger partial charge in [0.1, 0.15) is 28.2 Å². The first-order chi connectivity index (χ1) is 10.9. The molecule has 1 aromatic rings. The number of hydrogen-bond donors (Lipinski definition) is 2. The SMILES string of the molecule is COc1ccc(C(=O)C2=CC(=S(=O)=O)C(OC)C=C2O)c(O)c1. The summed E-state index contributed by atoms with van der Waals surface area (Å²) in [5.74, 6) is -1.15. The Bertz CT molecular complexity index is 839. The first kappa shape index (κ1) is 16.8. The Morgan fingerprint density at radius 2 is 1.91 bits per heavy atom. The molecule has 1 aliphatic rings. The quantitative estimate of drug-likeness (QED) is 0.623. The Labute approximate surface area is 133 Å². The zero-order chi connectivity index (χ0) is 17.1. The number of phenols is 1. The van der Waals surface area contributed by atoms with Gasteiger partial charge in [-0.2, -0.15) is 8.42 Å². The van der Waals surface area contributed by atoms with Crippen molar-refractivity contribution in [2.45, 2.75) is 6.10 Å². The van der Waals surface area contributed by atoms with E-state index < -0.39 is 27.9 Å². The maximum atomic E-state index is 12.5. The number of ether oxygens (including phenoxy) is 2. The number of hydrogen-bond acceptors (Lipinski definition) is 7. The van der Waals surface area contributed by atoms with Gasteiger partial charge in [-0.1, -0.05) is 0 Å². The number of aliphatic hydroxyl groups excluding tert-OH is 1. The van der Waals surface area contributed by atoms with E-state index in [1.165, 1.54) is 32.4 Å². The highest BCUT2D eigenvalue weighted by atomic mass is 32.2. The van der Waals surface area contributed by atoms with Crippen LogP contribution in [0.1, 0.15) is 10.4 Å². The molecule has 0 heterocycles. The lowest BCUT2D eigenvalue weighted by Gasteiger charge is -2.17. The van der Waals surface area contributed by atoms with Crippen molar-refractivity contribution in [3.63, 3.8) is 0 Å². The molecule has 23 heavy (non-hydrogen) atoms. The fourth-order valence-electron chi connectivity index (χ4n) is 2.10. The Kier molecular flexibility index (Phi) is 4.87. The summed E-state index contributed by atoms with van der Waals surface area (Å²) in [6.45, 7) is 0. The van der Waals surface area contributed by atoms with Gasteiger partial charge < -0.3 is 19.7 Å². The molecule has 8 heteroatoms. The largest absolute Gasteiger partial charge is 0.507 e. The molecule has 1 aliphatic carbocycles. The first-order valence-electron chi connectivity index (χ1n) is 6.42. The van der Waals surface area contributed by atoms with Gasteiger partial charge in [0.05, 0.1) is 18.2 Å². The minimum absolute atomic E-state index is 0.0936. The number of ketones is 1. The third-order valence-electron chi connectivity index (χ3n) is 3.29. The van der Waals surface area contributed by atoms with E-state index >= 15 is 0 Å². The van der Waals surface area contributed by atoms with Crippen molar-refractivity contribution in [2.75, 3.05) is 14.2 Å². The molecule has 0 saturated heterocycles. The predicted octanol–water partition coefficient (Wildman–Crippen LogP) is 1.03. The van der Waals surface area contributed by atoms with Crippen LogP contribution in [0.2, 0.25) is 0 Å². The predicted molar refractivity (Wildman–Crippen MR) is 82.5 cm³/mol. The molecule has 0 aliphatic heterocycles. The molecule has 122 valence electrons. The highest BCUT2D eigenvalue weighted by molar-refractivity contribution is 7.73. The van der Waals surface area contributed by atoms with E-state index in [4.69, 9.17) is 9.47 Å². The van der Waals surface area contributed by atoms with Gasteiger partial charge in [0.2, 0.25) is 10.3 Å². The highest BCUT2D eigenvalue weighted by Gasteiger charge is 2.27. The minimum Gasteiger partial charge on any atom is -0.507 e. The van der Waals surface area contributed by atoms with Gasteiger partial charge in [0.25, 0.3) is 0 Å². The van der Waals surface area contributed by atoms with Gasteiger partial charge in [0.15, 0.2) is 5.78 Å². The van der Waals surface area contributed by atoms with E-state index in [2.05, 4.69) is 0 Å². The third-order valence-corrected chi connectivity index (χ3v) is 4.03. The summed E-state index contributed by atoms with van der Waals surface area (Å²) < 4.78 is 32.3. The fraction of sp³-hybridized carbons (Fsp3) is 0.200. The number of carbonyl (C=O) groups excluding carboxylic acids is 1. The molecule has 2 rings (SSSR count). The average molecular weight is 338 g/mol. The highest BCUT2D eigenvalue weighted by Crippen LogP contribution is 2.28. The van der Waals surface area contributed by atoms with Crippen LogP contribution in [0, 0.1) is 0 Å². The van der Waals surface area contributed by atoms with Crippen molar-refractivity contribution in [3.05, 3.63) is 47.2 Å². The third kappa shape index (κ3) is 3.27. The Balaban J connectivity index is 2.51. The average Bonchev–Trinajstić information content (AvgIpc) is 2.53. The summed E-state index contributed by atoms with van der Waals surface area (Å²) in [5.41, 5.74) is -0.345. The smallest absolute Gasteiger partial charge is 0.220 e. The first-order valence-corrected chi connectivity index (χ1v) is 7.50. The molecule has 0 aromatic heterocycles. The van der Waals surface area contributed by atoms with Crippen molar-refractivity contribution in [1.29, 1.82) is 0 Å². The summed E-state index contributed by atoms with van der Waals surface area (Å²) in [4.78, 5) is 12.3. The van der Waals surface area contributed by atoms with Crippen LogP contribution in [0.15, 0.2) is 41.7 Å². The summed E-state index contributed by atoms with van der Waals surface area (Å²) >= 11 is 0. The number of phenolic OH excluding ortho intramolecular Hbond substituents is 1. The second-order valence-corrected chi connectivity index (χ2v) is 5.56. The van der Waals surface area contributed by atoms with Crippen LogP contribution < -0.4 is 4.74 Å². The van der Waals surface area contributed by atoms with Crippen molar-refractivity contribution < 1.29 is 32.9 Å². The summed E-state index contributed by atoms with van der Waals surface area (Å²) in [6.07, 6.45) is 1.16. The van der Waals surface area contributed by atoms with Crippen LogP contribution in [-0.2, 0) is 15.0 Å². The lowest BCUT2D eigenvalue weighted by Crippen LogP contribution is -2.26. The number of benzene rings is 1. The van der Waals surface area contributed by atoms with Crippen molar-refractivity contribution in [1.82, 2.24) is 0 Å². The molecule has 0 radical (unpaired) electrons. The van der Waals surface area contributed by atoms with Gasteiger partial charge in [-0.05, 0) is 24.3 Å². The van der Waals surface area contributed by atoms with Crippen LogP contribution in [0.4, 0.5) is 0 Å². The Morgan fingerprint density at radius 3 is 2.43 bits per heavy atom. The van der Waals surface area contributed by atoms with Crippen molar-refractivity contribution in [3.8, 4) is 11.5 Å². The van der Waals surface area contributed by atoms with Crippen molar-refractivity contribution in [2.24, 2.45) is 0 Å². The zero-order valence-electron chi connectivity index (χ0n) is 12.3. The van der Waals surface area contributed by atoms with E-state index in [1.54, 1.807) is 0 Å². The van der Waals surface area contributed by atoms with E-state index in [9.17, 15) is 23.4 Å². The Hall–Kier alpha value is -2.58. The van der Waals surface area contributed by atoms with Crippen LogP contribution in [0.3, 0.4) is 0 Å². The van der Waals surface area contributed by atoms with Crippen LogP contribution in [0.25, 0.3) is 0 Å². The molecular formula is C15H14O7S. The number of methoxy groups -OCH3 is 2. The van der Waals surface area contributed by atoms with Crippen LogP contribution >= 0.6 is 0 Å². The molecule has 7 nitrogen and oxygen atoms in total. The van der Waals surface area contributed by atoms with Crippen LogP contribution in [-0.4, -0.2) is 49.6 Å². The number of carbonyl (C=O) groups is 1. The molecule has 0 saturated carbocycles. The van der Waals surface area contributed by atoms with Gasteiger partial charge in [0, 0.05) is 13.2 Å². The van der Waals surface area contributed by atoms with Crippen LogP contribution in [0.5, 0.6) is 11.5 Å². The summed E-state index contributed by atoms with van der Waals surface area (Å²) in [7, 11) is 0.0559. The maximum absolute atomic E-state index is 12.5. The van der Waals surface area contributed by atoms with Gasteiger partial charge in [-0.3, -0.25) is 4.79 Å². The number of aliphatic hydroxyl groups is 1. The molecule has 1 aromatic carbocycles. The topological polar surface area (TPSA) is 110 Å². The molecule has 0 amide bonds. The lowest BCUT2D eigenvalue weighted by molar-refractivity contribution is 0.102. The number of allylic oxidation sites excluding steroid dienone is 1. The van der Waals surface area contributed by atoms with Crippen molar-refractivity contribution >= 4 is 20.9 Å². The van der Waals surface area contributed by atoms with E-state index in [-0.39, 0.29) is 21.8 Å². The van der Waals surface area contributed by atoms with E-state index in [0.717, 1.165) is 12.2 Å². The molecule has 0 bridgehead atoms. The van der Waals surface area contributed by atoms with Gasteiger partial charge in [-0.25, -0.2) is 0 Å².